The van der Waals surface area contributed by atoms with Crippen LogP contribution in [0.5, 0.6) is 17.2 Å². The number of para-hydroxylation sites is 1. The molecule has 1 atom stereocenters. The number of carbonyl (C=O) groups excluding carboxylic acids is 1. The topological polar surface area (TPSA) is 77.0 Å². The van der Waals surface area contributed by atoms with E-state index >= 15 is 0 Å². The van der Waals surface area contributed by atoms with Crippen molar-refractivity contribution >= 4 is 5.91 Å². The van der Waals surface area contributed by atoms with Crippen LogP contribution in [0.3, 0.4) is 0 Å². The number of nitrogens with one attached hydrogen (secondary N) is 1. The molecule has 0 fully saturated rings. The van der Waals surface area contributed by atoms with E-state index in [-0.39, 0.29) is 12.5 Å². The van der Waals surface area contributed by atoms with E-state index in [1.165, 1.54) is 7.11 Å². The zero-order valence-corrected chi connectivity index (χ0v) is 16.0. The third kappa shape index (κ3) is 6.18. The van der Waals surface area contributed by atoms with Gasteiger partial charge in [0, 0.05) is 13.0 Å². The fourth-order valence-electron chi connectivity index (χ4n) is 2.61. The highest BCUT2D eigenvalue weighted by Crippen LogP contribution is 2.29. The summed E-state index contributed by atoms with van der Waals surface area (Å²) in [5.74, 6) is 1.84. The molecule has 0 bridgehead atoms. The van der Waals surface area contributed by atoms with Crippen LogP contribution >= 0.6 is 0 Å². The lowest BCUT2D eigenvalue weighted by Crippen LogP contribution is -2.28. The Morgan fingerprint density at radius 1 is 1.07 bits per heavy atom. The molecule has 0 aliphatic heterocycles. The molecule has 146 valence electrons. The average molecular weight is 373 g/mol. The number of aliphatic hydroxyl groups excluding tert-OH is 1. The third-order valence-corrected chi connectivity index (χ3v) is 4.18. The molecule has 0 heterocycles. The largest absolute Gasteiger partial charge is 0.493 e. The summed E-state index contributed by atoms with van der Waals surface area (Å²) in [7, 11) is 3.09. The van der Waals surface area contributed by atoms with Gasteiger partial charge in [-0.05, 0) is 42.7 Å². The molecule has 0 aromatic heterocycles. The number of rotatable bonds is 10. The second-order valence-corrected chi connectivity index (χ2v) is 6.15. The molecule has 6 nitrogen and oxygen atoms in total. The third-order valence-electron chi connectivity index (χ3n) is 4.18. The summed E-state index contributed by atoms with van der Waals surface area (Å²) in [6, 6.07) is 12.9. The molecule has 0 spiro atoms. The minimum absolute atomic E-state index is 0.122. The summed E-state index contributed by atoms with van der Waals surface area (Å²) in [5.41, 5.74) is 1.72. The first-order valence-corrected chi connectivity index (χ1v) is 8.90. The maximum absolute atomic E-state index is 12.0. The molecular formula is C21H27NO5. The highest BCUT2D eigenvalue weighted by Gasteiger charge is 2.13. The van der Waals surface area contributed by atoms with Gasteiger partial charge in [0.2, 0.25) is 5.91 Å². The van der Waals surface area contributed by atoms with Crippen molar-refractivity contribution in [2.75, 3.05) is 27.4 Å². The molecule has 0 aliphatic carbocycles. The van der Waals surface area contributed by atoms with E-state index in [1.807, 2.05) is 31.2 Å². The van der Waals surface area contributed by atoms with Crippen molar-refractivity contribution in [3.05, 3.63) is 53.6 Å². The van der Waals surface area contributed by atoms with Crippen LogP contribution in [0.15, 0.2) is 42.5 Å². The van der Waals surface area contributed by atoms with Crippen molar-refractivity contribution in [3.63, 3.8) is 0 Å². The van der Waals surface area contributed by atoms with Gasteiger partial charge in [0.25, 0.3) is 0 Å². The molecule has 2 aromatic carbocycles. The van der Waals surface area contributed by atoms with Crippen molar-refractivity contribution in [1.29, 1.82) is 0 Å². The highest BCUT2D eigenvalue weighted by atomic mass is 16.5. The Bertz CT molecular complexity index is 747. The number of hydrogen-bond acceptors (Lipinski definition) is 5. The molecule has 2 aromatic rings. The van der Waals surface area contributed by atoms with E-state index in [9.17, 15) is 9.90 Å². The summed E-state index contributed by atoms with van der Waals surface area (Å²) in [4.78, 5) is 12.0. The Kier molecular flexibility index (Phi) is 7.95. The van der Waals surface area contributed by atoms with Gasteiger partial charge in [-0.25, -0.2) is 0 Å². The van der Waals surface area contributed by atoms with Crippen LogP contribution in [-0.4, -0.2) is 38.4 Å². The maximum atomic E-state index is 12.0. The molecule has 27 heavy (non-hydrogen) atoms. The Morgan fingerprint density at radius 2 is 1.81 bits per heavy atom. The maximum Gasteiger partial charge on any atom is 0.220 e. The Balaban J connectivity index is 1.72. The van der Waals surface area contributed by atoms with Crippen molar-refractivity contribution in [1.82, 2.24) is 5.32 Å². The molecule has 0 aliphatic rings. The second kappa shape index (κ2) is 10.4. The lowest BCUT2D eigenvalue weighted by molar-refractivity contribution is -0.121. The van der Waals surface area contributed by atoms with Crippen molar-refractivity contribution in [3.8, 4) is 17.2 Å². The summed E-state index contributed by atoms with van der Waals surface area (Å²) < 4.78 is 16.1. The second-order valence-electron chi connectivity index (χ2n) is 6.15. The molecule has 1 unspecified atom stereocenters. The Labute approximate surface area is 160 Å². The van der Waals surface area contributed by atoms with E-state index in [0.29, 0.717) is 36.5 Å². The molecule has 2 N–H and O–H groups in total. The standard InChI is InChI=1S/C21H27NO5/c1-15-7-4-5-8-18(15)27-12-6-9-21(24)22-14-17(23)16-10-11-19(25-2)20(13-16)26-3/h4-5,7-8,10-11,13,17,23H,6,9,12,14H2,1-3H3,(H,22,24). The number of ether oxygens (including phenoxy) is 3. The minimum Gasteiger partial charge on any atom is -0.493 e. The lowest BCUT2D eigenvalue weighted by Gasteiger charge is -2.15. The molecular weight excluding hydrogens is 346 g/mol. The Hall–Kier alpha value is -2.73. The first kappa shape index (κ1) is 20.6. The van der Waals surface area contributed by atoms with E-state index < -0.39 is 6.10 Å². The van der Waals surface area contributed by atoms with Crippen LogP contribution in [0.25, 0.3) is 0 Å². The van der Waals surface area contributed by atoms with E-state index in [4.69, 9.17) is 14.2 Å². The summed E-state index contributed by atoms with van der Waals surface area (Å²) in [5, 5.41) is 13.0. The van der Waals surface area contributed by atoms with Gasteiger partial charge in [-0.15, -0.1) is 0 Å². The fraction of sp³-hybridized carbons (Fsp3) is 0.381. The minimum atomic E-state index is -0.822. The van der Waals surface area contributed by atoms with Gasteiger partial charge in [0.05, 0.1) is 26.9 Å². The molecule has 2 rings (SSSR count). The first-order chi connectivity index (χ1) is 13.0. The van der Waals surface area contributed by atoms with E-state index in [0.717, 1.165) is 11.3 Å². The van der Waals surface area contributed by atoms with Crippen molar-refractivity contribution in [2.24, 2.45) is 0 Å². The number of benzene rings is 2. The zero-order chi connectivity index (χ0) is 19.6. The normalized spacial score (nSPS) is 11.6. The van der Waals surface area contributed by atoms with Gasteiger partial charge in [0.1, 0.15) is 5.75 Å². The molecule has 6 heteroatoms. The molecule has 0 saturated heterocycles. The van der Waals surface area contributed by atoms with Gasteiger partial charge < -0.3 is 24.6 Å². The average Bonchev–Trinajstić information content (AvgIpc) is 2.70. The van der Waals surface area contributed by atoms with Gasteiger partial charge in [-0.2, -0.15) is 0 Å². The SMILES string of the molecule is COc1ccc(C(O)CNC(=O)CCCOc2ccccc2C)cc1OC. The predicted molar refractivity (Wildman–Crippen MR) is 103 cm³/mol. The smallest absolute Gasteiger partial charge is 0.220 e. The summed E-state index contributed by atoms with van der Waals surface area (Å²) in [6.07, 6.45) is 0.119. The molecule has 1 amide bonds. The van der Waals surface area contributed by atoms with Crippen LogP contribution in [0.1, 0.15) is 30.1 Å². The predicted octanol–water partition coefficient (Wildman–Crippen LogP) is 3.02. The fourth-order valence-corrected chi connectivity index (χ4v) is 2.61. The van der Waals surface area contributed by atoms with Crippen LogP contribution in [0, 0.1) is 6.92 Å². The molecule has 0 radical (unpaired) electrons. The van der Waals surface area contributed by atoms with Gasteiger partial charge in [-0.3, -0.25) is 4.79 Å². The van der Waals surface area contributed by atoms with Crippen LogP contribution in [-0.2, 0) is 4.79 Å². The van der Waals surface area contributed by atoms with Crippen molar-refractivity contribution in [2.45, 2.75) is 25.9 Å². The van der Waals surface area contributed by atoms with Crippen LogP contribution in [0.4, 0.5) is 0 Å². The Morgan fingerprint density at radius 3 is 2.52 bits per heavy atom. The number of aliphatic hydroxyl groups is 1. The molecule has 0 saturated carbocycles. The van der Waals surface area contributed by atoms with Crippen LogP contribution in [0.2, 0.25) is 0 Å². The van der Waals surface area contributed by atoms with E-state index in [1.54, 1.807) is 25.3 Å². The highest BCUT2D eigenvalue weighted by molar-refractivity contribution is 5.75. The quantitative estimate of drug-likeness (QED) is 0.626. The van der Waals surface area contributed by atoms with Crippen LogP contribution < -0.4 is 19.5 Å². The number of aryl methyl sites for hydroxylation is 1. The summed E-state index contributed by atoms with van der Waals surface area (Å²) in [6.45, 7) is 2.58. The number of amides is 1. The van der Waals surface area contributed by atoms with Gasteiger partial charge in [0.15, 0.2) is 11.5 Å². The zero-order valence-electron chi connectivity index (χ0n) is 16.0. The number of methoxy groups -OCH3 is 2. The lowest BCUT2D eigenvalue weighted by atomic mass is 10.1. The summed E-state index contributed by atoms with van der Waals surface area (Å²) >= 11 is 0. The first-order valence-electron chi connectivity index (χ1n) is 8.90. The van der Waals surface area contributed by atoms with Gasteiger partial charge in [-0.1, -0.05) is 24.3 Å². The van der Waals surface area contributed by atoms with E-state index in [2.05, 4.69) is 5.32 Å². The van der Waals surface area contributed by atoms with Crippen molar-refractivity contribution < 1.29 is 24.1 Å². The monoisotopic (exact) mass is 373 g/mol. The number of carbonyl (C=O) groups is 1. The van der Waals surface area contributed by atoms with Gasteiger partial charge >= 0.3 is 0 Å². The number of hydrogen-bond donors (Lipinski definition) is 2.